The molecule has 0 radical (unpaired) electrons. The van der Waals surface area contributed by atoms with Gasteiger partial charge in [-0.2, -0.15) is 13.2 Å². The SMILES string of the molecule is CCn1ccnc1CN1CCC[C@@H](C(=O)c2ccc(C(F)(F)F)cc2)C1. The van der Waals surface area contributed by atoms with Crippen LogP contribution in [0.15, 0.2) is 36.7 Å². The average molecular weight is 365 g/mol. The van der Waals surface area contributed by atoms with E-state index in [9.17, 15) is 18.0 Å². The van der Waals surface area contributed by atoms with Crippen molar-refractivity contribution in [2.45, 2.75) is 39.0 Å². The summed E-state index contributed by atoms with van der Waals surface area (Å²) in [6.07, 6.45) is 0.977. The number of carbonyl (C=O) groups excluding carboxylic acids is 1. The Hall–Kier alpha value is -2.15. The Labute approximate surface area is 150 Å². The fourth-order valence-corrected chi connectivity index (χ4v) is 3.45. The van der Waals surface area contributed by atoms with E-state index in [1.54, 1.807) is 6.20 Å². The molecule has 140 valence electrons. The maximum atomic E-state index is 12.7. The fraction of sp³-hybridized carbons (Fsp3) is 0.474. The highest BCUT2D eigenvalue weighted by Gasteiger charge is 2.31. The number of rotatable bonds is 5. The van der Waals surface area contributed by atoms with Gasteiger partial charge in [0.1, 0.15) is 5.82 Å². The van der Waals surface area contributed by atoms with Crippen LogP contribution in [0, 0.1) is 5.92 Å². The van der Waals surface area contributed by atoms with Gasteiger partial charge in [0.15, 0.2) is 5.78 Å². The number of aromatic nitrogens is 2. The summed E-state index contributed by atoms with van der Waals surface area (Å²) in [6, 6.07) is 4.53. The van der Waals surface area contributed by atoms with E-state index in [0.717, 1.165) is 43.9 Å². The molecule has 0 spiro atoms. The predicted octanol–water partition coefficient (Wildman–Crippen LogP) is 4.02. The van der Waals surface area contributed by atoms with Gasteiger partial charge in [0.25, 0.3) is 0 Å². The summed E-state index contributed by atoms with van der Waals surface area (Å²) in [5.74, 6) is 0.697. The first-order chi connectivity index (χ1) is 12.4. The van der Waals surface area contributed by atoms with Gasteiger partial charge in [0, 0.05) is 37.0 Å². The third-order valence-electron chi connectivity index (χ3n) is 4.88. The van der Waals surface area contributed by atoms with Gasteiger partial charge in [-0.15, -0.1) is 0 Å². The lowest BCUT2D eigenvalue weighted by molar-refractivity contribution is -0.137. The molecule has 3 rings (SSSR count). The molecule has 1 fully saturated rings. The molecule has 1 atom stereocenters. The monoisotopic (exact) mass is 365 g/mol. The molecule has 1 aliphatic heterocycles. The second-order valence-corrected chi connectivity index (χ2v) is 6.64. The Kier molecular flexibility index (Phi) is 5.46. The Bertz CT molecular complexity index is 752. The van der Waals surface area contributed by atoms with E-state index in [2.05, 4.69) is 21.4 Å². The summed E-state index contributed by atoms with van der Waals surface area (Å²) in [5.41, 5.74) is -0.384. The normalized spacial score (nSPS) is 18.8. The van der Waals surface area contributed by atoms with Crippen LogP contribution in [0.4, 0.5) is 13.2 Å². The lowest BCUT2D eigenvalue weighted by Crippen LogP contribution is -2.38. The number of nitrogens with zero attached hydrogens (tertiary/aromatic N) is 3. The molecule has 1 saturated heterocycles. The smallest absolute Gasteiger partial charge is 0.334 e. The van der Waals surface area contributed by atoms with Crippen LogP contribution in [0.5, 0.6) is 0 Å². The minimum absolute atomic E-state index is 0.0812. The van der Waals surface area contributed by atoms with Gasteiger partial charge in [-0.3, -0.25) is 9.69 Å². The number of ketones is 1. The van der Waals surface area contributed by atoms with Gasteiger partial charge in [0.2, 0.25) is 0 Å². The minimum Gasteiger partial charge on any atom is -0.334 e. The molecule has 0 bridgehead atoms. The molecule has 7 heteroatoms. The maximum absolute atomic E-state index is 12.7. The lowest BCUT2D eigenvalue weighted by atomic mass is 9.89. The third kappa shape index (κ3) is 4.15. The summed E-state index contributed by atoms with van der Waals surface area (Å²) < 4.78 is 40.1. The minimum atomic E-state index is -4.38. The van der Waals surface area contributed by atoms with E-state index in [4.69, 9.17) is 0 Å². The molecule has 4 nitrogen and oxygen atoms in total. The Morgan fingerprint density at radius 3 is 2.65 bits per heavy atom. The number of Topliss-reactive ketones (excluding diaryl/α,β-unsaturated/α-hetero) is 1. The van der Waals surface area contributed by atoms with Crippen molar-refractivity contribution in [3.63, 3.8) is 0 Å². The molecule has 1 aromatic carbocycles. The van der Waals surface area contributed by atoms with Crippen LogP contribution in [-0.2, 0) is 19.3 Å². The van der Waals surface area contributed by atoms with Crippen molar-refractivity contribution < 1.29 is 18.0 Å². The van der Waals surface area contributed by atoms with Crippen LogP contribution in [0.1, 0.15) is 41.5 Å². The predicted molar refractivity (Wildman–Crippen MR) is 91.7 cm³/mol. The maximum Gasteiger partial charge on any atom is 0.416 e. The summed E-state index contributed by atoms with van der Waals surface area (Å²) in [4.78, 5) is 19.3. The van der Waals surface area contributed by atoms with Crippen molar-refractivity contribution in [1.82, 2.24) is 14.5 Å². The fourth-order valence-electron chi connectivity index (χ4n) is 3.45. The average Bonchev–Trinajstić information content (AvgIpc) is 3.08. The number of likely N-dealkylation sites (tertiary alicyclic amines) is 1. The summed E-state index contributed by atoms with van der Waals surface area (Å²) in [5, 5.41) is 0. The van der Waals surface area contributed by atoms with E-state index >= 15 is 0 Å². The van der Waals surface area contributed by atoms with E-state index in [0.29, 0.717) is 18.7 Å². The number of carbonyl (C=O) groups is 1. The first kappa shape index (κ1) is 18.6. The summed E-state index contributed by atoms with van der Waals surface area (Å²) in [7, 11) is 0. The van der Waals surface area contributed by atoms with Crippen LogP contribution >= 0.6 is 0 Å². The number of hydrogen-bond donors (Lipinski definition) is 0. The Morgan fingerprint density at radius 1 is 1.27 bits per heavy atom. The van der Waals surface area contributed by atoms with Crippen molar-refractivity contribution in [3.05, 3.63) is 53.6 Å². The molecule has 0 N–H and O–H groups in total. The van der Waals surface area contributed by atoms with Gasteiger partial charge in [-0.1, -0.05) is 12.1 Å². The van der Waals surface area contributed by atoms with Gasteiger partial charge >= 0.3 is 6.18 Å². The van der Waals surface area contributed by atoms with Crippen LogP contribution in [0.25, 0.3) is 0 Å². The molecule has 1 aromatic heterocycles. The highest BCUT2D eigenvalue weighted by molar-refractivity contribution is 5.98. The molecule has 1 aliphatic rings. The van der Waals surface area contributed by atoms with Crippen molar-refractivity contribution in [1.29, 1.82) is 0 Å². The third-order valence-corrected chi connectivity index (χ3v) is 4.88. The number of alkyl halides is 3. The van der Waals surface area contributed by atoms with Gasteiger partial charge in [-0.05, 0) is 38.4 Å². The van der Waals surface area contributed by atoms with Crippen molar-refractivity contribution >= 4 is 5.78 Å². The topological polar surface area (TPSA) is 38.1 Å². The summed E-state index contributed by atoms with van der Waals surface area (Å²) >= 11 is 0. The van der Waals surface area contributed by atoms with Crippen LogP contribution in [0.2, 0.25) is 0 Å². The summed E-state index contributed by atoms with van der Waals surface area (Å²) in [6.45, 7) is 5.08. The number of hydrogen-bond acceptors (Lipinski definition) is 3. The van der Waals surface area contributed by atoms with E-state index < -0.39 is 11.7 Å². The van der Waals surface area contributed by atoms with Crippen molar-refractivity contribution in [2.24, 2.45) is 5.92 Å². The molecular formula is C19H22F3N3O. The first-order valence-corrected chi connectivity index (χ1v) is 8.82. The molecule has 2 heterocycles. The molecule has 0 amide bonds. The number of benzene rings is 1. The highest BCUT2D eigenvalue weighted by Crippen LogP contribution is 2.30. The standard InChI is InChI=1S/C19H22F3N3O/c1-2-25-11-9-23-17(25)13-24-10-3-4-15(12-24)18(26)14-5-7-16(8-6-14)19(20,21)22/h5-9,11,15H,2-4,10,12-13H2,1H3/t15-/m1/s1. The molecule has 0 saturated carbocycles. The Morgan fingerprint density at radius 2 is 2.00 bits per heavy atom. The largest absolute Gasteiger partial charge is 0.416 e. The van der Waals surface area contributed by atoms with Gasteiger partial charge < -0.3 is 4.57 Å². The second-order valence-electron chi connectivity index (χ2n) is 6.64. The zero-order chi connectivity index (χ0) is 18.7. The van der Waals surface area contributed by atoms with Gasteiger partial charge in [0.05, 0.1) is 12.1 Å². The van der Waals surface area contributed by atoms with Crippen LogP contribution in [-0.4, -0.2) is 33.3 Å². The molecule has 0 aliphatic carbocycles. The lowest BCUT2D eigenvalue weighted by Gasteiger charge is -2.31. The highest BCUT2D eigenvalue weighted by atomic mass is 19.4. The Balaban J connectivity index is 1.66. The molecule has 2 aromatic rings. The second kappa shape index (κ2) is 7.61. The van der Waals surface area contributed by atoms with E-state index in [-0.39, 0.29) is 11.7 Å². The molecule has 0 unspecified atom stereocenters. The van der Waals surface area contributed by atoms with Crippen molar-refractivity contribution in [2.75, 3.05) is 13.1 Å². The molecular weight excluding hydrogens is 343 g/mol. The first-order valence-electron chi connectivity index (χ1n) is 8.82. The number of piperidine rings is 1. The zero-order valence-electron chi connectivity index (χ0n) is 14.7. The van der Waals surface area contributed by atoms with Crippen molar-refractivity contribution in [3.8, 4) is 0 Å². The zero-order valence-corrected chi connectivity index (χ0v) is 14.7. The van der Waals surface area contributed by atoms with Crippen LogP contribution < -0.4 is 0 Å². The van der Waals surface area contributed by atoms with E-state index in [1.807, 2.05) is 6.20 Å². The van der Waals surface area contributed by atoms with Gasteiger partial charge in [-0.25, -0.2) is 4.98 Å². The van der Waals surface area contributed by atoms with E-state index in [1.165, 1.54) is 12.1 Å². The number of aryl methyl sites for hydroxylation is 1. The quantitative estimate of drug-likeness (QED) is 0.752. The van der Waals surface area contributed by atoms with Crippen LogP contribution in [0.3, 0.4) is 0 Å². The molecule has 26 heavy (non-hydrogen) atoms. The number of imidazole rings is 1. The number of halogens is 3.